The average molecular weight is 320 g/mol. The van der Waals surface area contributed by atoms with Crippen molar-refractivity contribution >= 4 is 11.3 Å². The SMILES string of the molecule is CC(C)Cc1ncc(CN2CCN(Cc3ccon3)CC2)s1. The number of hydrogen-bond donors (Lipinski definition) is 0. The molecule has 0 bridgehead atoms. The third-order valence-corrected chi connectivity index (χ3v) is 4.91. The second-order valence-corrected chi connectivity index (χ2v) is 7.56. The van der Waals surface area contributed by atoms with Crippen molar-refractivity contribution in [3.05, 3.63) is 34.1 Å². The average Bonchev–Trinajstić information content (AvgIpc) is 3.13. The van der Waals surface area contributed by atoms with Gasteiger partial charge in [-0.05, 0) is 5.92 Å². The summed E-state index contributed by atoms with van der Waals surface area (Å²) in [5, 5.41) is 5.26. The van der Waals surface area contributed by atoms with Gasteiger partial charge >= 0.3 is 0 Å². The molecule has 0 atom stereocenters. The molecule has 0 saturated carbocycles. The van der Waals surface area contributed by atoms with Gasteiger partial charge in [-0.15, -0.1) is 11.3 Å². The highest BCUT2D eigenvalue weighted by atomic mass is 32.1. The first kappa shape index (κ1) is 15.6. The number of aromatic nitrogens is 2. The molecule has 0 radical (unpaired) electrons. The zero-order valence-corrected chi connectivity index (χ0v) is 14.2. The van der Waals surface area contributed by atoms with Gasteiger partial charge in [-0.2, -0.15) is 0 Å². The summed E-state index contributed by atoms with van der Waals surface area (Å²) in [4.78, 5) is 10.9. The number of hydrogen-bond acceptors (Lipinski definition) is 6. The number of thiazole rings is 1. The molecule has 0 aliphatic carbocycles. The van der Waals surface area contributed by atoms with Gasteiger partial charge < -0.3 is 4.52 Å². The normalized spacial score (nSPS) is 17.4. The lowest BCUT2D eigenvalue weighted by Crippen LogP contribution is -2.45. The Labute approximate surface area is 135 Å². The van der Waals surface area contributed by atoms with Crippen LogP contribution in [0.25, 0.3) is 0 Å². The van der Waals surface area contributed by atoms with E-state index in [0.29, 0.717) is 5.92 Å². The van der Waals surface area contributed by atoms with Crippen molar-refractivity contribution in [1.29, 1.82) is 0 Å². The van der Waals surface area contributed by atoms with Gasteiger partial charge in [0.2, 0.25) is 0 Å². The summed E-state index contributed by atoms with van der Waals surface area (Å²) < 4.78 is 4.89. The summed E-state index contributed by atoms with van der Waals surface area (Å²) in [6, 6.07) is 1.94. The second-order valence-electron chi connectivity index (χ2n) is 6.36. The van der Waals surface area contributed by atoms with Gasteiger partial charge in [0, 0.05) is 62.8 Å². The van der Waals surface area contributed by atoms with Crippen molar-refractivity contribution in [1.82, 2.24) is 19.9 Å². The highest BCUT2D eigenvalue weighted by Gasteiger charge is 2.18. The maximum atomic E-state index is 4.89. The molecule has 120 valence electrons. The van der Waals surface area contributed by atoms with Crippen LogP contribution >= 0.6 is 11.3 Å². The van der Waals surface area contributed by atoms with Crippen LogP contribution in [0.2, 0.25) is 0 Å². The molecule has 6 heteroatoms. The first-order valence-corrected chi connectivity index (χ1v) is 8.78. The Bertz CT molecular complexity index is 558. The van der Waals surface area contributed by atoms with Crippen molar-refractivity contribution in [3.8, 4) is 0 Å². The van der Waals surface area contributed by atoms with Crippen LogP contribution in [-0.2, 0) is 19.5 Å². The van der Waals surface area contributed by atoms with Crippen LogP contribution in [-0.4, -0.2) is 46.1 Å². The topological polar surface area (TPSA) is 45.4 Å². The van der Waals surface area contributed by atoms with Crippen molar-refractivity contribution in [2.24, 2.45) is 5.92 Å². The minimum Gasteiger partial charge on any atom is -0.364 e. The Morgan fingerprint density at radius 3 is 2.55 bits per heavy atom. The van der Waals surface area contributed by atoms with Gasteiger partial charge in [-0.3, -0.25) is 9.80 Å². The quantitative estimate of drug-likeness (QED) is 0.819. The van der Waals surface area contributed by atoms with Gasteiger partial charge in [0.25, 0.3) is 0 Å². The summed E-state index contributed by atoms with van der Waals surface area (Å²) >= 11 is 1.87. The van der Waals surface area contributed by atoms with Crippen LogP contribution < -0.4 is 0 Å². The minimum atomic E-state index is 0.680. The Hall–Kier alpha value is -1.24. The zero-order chi connectivity index (χ0) is 15.4. The molecule has 0 amide bonds. The van der Waals surface area contributed by atoms with Crippen LogP contribution in [0, 0.1) is 5.92 Å². The van der Waals surface area contributed by atoms with E-state index in [1.807, 2.05) is 17.4 Å². The van der Waals surface area contributed by atoms with Crippen molar-refractivity contribution in [2.75, 3.05) is 26.2 Å². The Kier molecular flexibility index (Phi) is 5.23. The highest BCUT2D eigenvalue weighted by molar-refractivity contribution is 7.11. The molecule has 3 rings (SSSR count). The van der Waals surface area contributed by atoms with E-state index in [1.165, 1.54) is 9.88 Å². The molecule has 2 aromatic heterocycles. The maximum Gasteiger partial charge on any atom is 0.124 e. The molecule has 1 aliphatic heterocycles. The molecular formula is C16H24N4OS. The summed E-state index contributed by atoms with van der Waals surface area (Å²) in [6.07, 6.45) is 4.80. The van der Waals surface area contributed by atoms with E-state index in [2.05, 4.69) is 40.0 Å². The highest BCUT2D eigenvalue weighted by Crippen LogP contribution is 2.19. The molecule has 22 heavy (non-hydrogen) atoms. The van der Waals surface area contributed by atoms with Crippen molar-refractivity contribution in [2.45, 2.75) is 33.4 Å². The summed E-state index contributed by atoms with van der Waals surface area (Å²) in [7, 11) is 0. The zero-order valence-electron chi connectivity index (χ0n) is 13.4. The predicted octanol–water partition coefficient (Wildman–Crippen LogP) is 2.65. The minimum absolute atomic E-state index is 0.680. The van der Waals surface area contributed by atoms with Gasteiger partial charge in [0.05, 0.1) is 10.7 Å². The Balaban J connectivity index is 1.44. The standard InChI is InChI=1S/C16H24N4OS/c1-13(2)9-16-17-10-15(22-16)12-20-6-4-19(5-7-20)11-14-3-8-21-18-14/h3,8,10,13H,4-7,9,11-12H2,1-2H3. The van der Waals surface area contributed by atoms with Crippen molar-refractivity contribution < 1.29 is 4.52 Å². The van der Waals surface area contributed by atoms with E-state index in [4.69, 9.17) is 4.52 Å². The first-order valence-electron chi connectivity index (χ1n) is 7.96. The molecular weight excluding hydrogens is 296 g/mol. The fourth-order valence-electron chi connectivity index (χ4n) is 2.74. The van der Waals surface area contributed by atoms with Gasteiger partial charge in [0.15, 0.2) is 0 Å². The van der Waals surface area contributed by atoms with Crippen LogP contribution in [0.3, 0.4) is 0 Å². The van der Waals surface area contributed by atoms with Crippen LogP contribution in [0.1, 0.15) is 29.4 Å². The van der Waals surface area contributed by atoms with Crippen LogP contribution in [0.4, 0.5) is 0 Å². The smallest absolute Gasteiger partial charge is 0.124 e. The molecule has 1 aliphatic rings. The Morgan fingerprint density at radius 1 is 1.18 bits per heavy atom. The number of rotatable bonds is 6. The lowest BCUT2D eigenvalue weighted by Gasteiger charge is -2.33. The number of nitrogens with zero attached hydrogens (tertiary/aromatic N) is 4. The molecule has 1 saturated heterocycles. The third-order valence-electron chi connectivity index (χ3n) is 3.91. The lowest BCUT2D eigenvalue weighted by atomic mass is 10.1. The molecule has 0 aromatic carbocycles. The molecule has 3 heterocycles. The summed E-state index contributed by atoms with van der Waals surface area (Å²) in [5.74, 6) is 0.680. The lowest BCUT2D eigenvalue weighted by molar-refractivity contribution is 0.120. The van der Waals surface area contributed by atoms with E-state index in [0.717, 1.165) is 51.4 Å². The first-order chi connectivity index (χ1) is 10.7. The Morgan fingerprint density at radius 2 is 1.91 bits per heavy atom. The predicted molar refractivity (Wildman–Crippen MR) is 87.7 cm³/mol. The van der Waals surface area contributed by atoms with E-state index in [1.54, 1.807) is 6.26 Å². The van der Waals surface area contributed by atoms with Gasteiger partial charge in [0.1, 0.15) is 6.26 Å². The fraction of sp³-hybridized carbons (Fsp3) is 0.625. The second kappa shape index (κ2) is 7.35. The monoisotopic (exact) mass is 320 g/mol. The molecule has 0 spiro atoms. The molecule has 1 fully saturated rings. The van der Waals surface area contributed by atoms with E-state index < -0.39 is 0 Å². The van der Waals surface area contributed by atoms with E-state index >= 15 is 0 Å². The van der Waals surface area contributed by atoms with E-state index in [9.17, 15) is 0 Å². The van der Waals surface area contributed by atoms with Gasteiger partial charge in [-0.25, -0.2) is 4.98 Å². The van der Waals surface area contributed by atoms with Crippen LogP contribution in [0.5, 0.6) is 0 Å². The summed E-state index contributed by atoms with van der Waals surface area (Å²) in [5.41, 5.74) is 1.02. The molecule has 5 nitrogen and oxygen atoms in total. The summed E-state index contributed by atoms with van der Waals surface area (Å²) in [6.45, 7) is 10.8. The largest absolute Gasteiger partial charge is 0.364 e. The maximum absolute atomic E-state index is 4.89. The van der Waals surface area contributed by atoms with Crippen LogP contribution in [0.15, 0.2) is 23.0 Å². The van der Waals surface area contributed by atoms with Gasteiger partial charge in [-0.1, -0.05) is 19.0 Å². The van der Waals surface area contributed by atoms with Crippen molar-refractivity contribution in [3.63, 3.8) is 0 Å². The van der Waals surface area contributed by atoms with E-state index in [-0.39, 0.29) is 0 Å². The number of piperazine rings is 1. The third kappa shape index (κ3) is 4.38. The fourth-order valence-corrected chi connectivity index (χ4v) is 3.92. The molecule has 2 aromatic rings. The molecule has 0 N–H and O–H groups in total. The molecule has 0 unspecified atom stereocenters.